The van der Waals surface area contributed by atoms with Crippen LogP contribution in [0.1, 0.15) is 32.6 Å². The highest BCUT2D eigenvalue weighted by molar-refractivity contribution is 5.77. The summed E-state index contributed by atoms with van der Waals surface area (Å²) in [7, 11) is 0. The minimum absolute atomic E-state index is 0.221. The molecule has 0 spiro atoms. The molecule has 74 valence electrons. The summed E-state index contributed by atoms with van der Waals surface area (Å²) in [6.07, 6.45) is 7.54. The van der Waals surface area contributed by atoms with E-state index in [1.54, 1.807) is 12.3 Å². The molecular formula is C9H17N3O. The molecule has 0 aromatic rings. The van der Waals surface area contributed by atoms with E-state index in [4.69, 9.17) is 5.73 Å². The first kappa shape index (κ1) is 10.1. The molecule has 1 atom stereocenters. The largest absolute Gasteiger partial charge is 0.320 e. The number of carbonyl (C=O) groups is 1. The number of rotatable bonds is 4. The van der Waals surface area contributed by atoms with Gasteiger partial charge in [-0.3, -0.25) is 0 Å². The van der Waals surface area contributed by atoms with Crippen LogP contribution in [0.15, 0.2) is 12.3 Å². The van der Waals surface area contributed by atoms with Gasteiger partial charge in [-0.15, -0.1) is 0 Å². The topological polar surface area (TPSA) is 67.1 Å². The Morgan fingerprint density at radius 2 is 2.31 bits per heavy atom. The molecule has 1 aliphatic rings. The summed E-state index contributed by atoms with van der Waals surface area (Å²) in [6, 6.07) is -0.221. The van der Waals surface area contributed by atoms with Crippen LogP contribution in [0.2, 0.25) is 0 Å². The number of nitrogens with one attached hydrogen (secondary N) is 2. The molecular weight excluding hydrogens is 166 g/mol. The minimum Gasteiger partial charge on any atom is -0.316 e. The van der Waals surface area contributed by atoms with E-state index in [0.29, 0.717) is 0 Å². The molecule has 13 heavy (non-hydrogen) atoms. The van der Waals surface area contributed by atoms with E-state index in [-0.39, 0.29) is 6.03 Å². The zero-order valence-corrected chi connectivity index (χ0v) is 7.97. The Balaban J connectivity index is 2.40. The maximum atomic E-state index is 11.0. The van der Waals surface area contributed by atoms with Gasteiger partial charge in [0.25, 0.3) is 0 Å². The van der Waals surface area contributed by atoms with E-state index in [1.807, 2.05) is 0 Å². The van der Waals surface area contributed by atoms with Gasteiger partial charge < -0.3 is 16.4 Å². The molecule has 0 fully saturated rings. The second-order valence-corrected chi connectivity index (χ2v) is 3.43. The monoisotopic (exact) mass is 183 g/mol. The van der Waals surface area contributed by atoms with Crippen molar-refractivity contribution < 1.29 is 4.79 Å². The van der Waals surface area contributed by atoms with Gasteiger partial charge in [0.15, 0.2) is 0 Å². The molecule has 0 bridgehead atoms. The molecule has 0 saturated carbocycles. The molecule has 0 radical (unpaired) electrons. The zero-order chi connectivity index (χ0) is 9.73. The summed E-state index contributed by atoms with van der Waals surface area (Å²) >= 11 is 0. The summed E-state index contributed by atoms with van der Waals surface area (Å²) in [5.74, 6) is 0. The maximum Gasteiger partial charge on any atom is 0.320 e. The Morgan fingerprint density at radius 3 is 2.92 bits per heavy atom. The molecule has 4 N–H and O–H groups in total. The van der Waals surface area contributed by atoms with Crippen molar-refractivity contribution in [2.24, 2.45) is 5.73 Å². The van der Waals surface area contributed by atoms with Crippen molar-refractivity contribution in [3.05, 3.63) is 12.3 Å². The fourth-order valence-electron chi connectivity index (χ4n) is 1.37. The van der Waals surface area contributed by atoms with Crippen molar-refractivity contribution in [1.82, 2.24) is 10.6 Å². The van der Waals surface area contributed by atoms with Gasteiger partial charge in [0.2, 0.25) is 0 Å². The van der Waals surface area contributed by atoms with Crippen LogP contribution in [0.25, 0.3) is 0 Å². The number of urea groups is 1. The van der Waals surface area contributed by atoms with Crippen LogP contribution in [-0.2, 0) is 0 Å². The summed E-state index contributed by atoms with van der Waals surface area (Å²) in [5.41, 5.74) is 5.29. The SMILES string of the molecule is CCCCCC1(N)C=CNC(=O)N1. The summed E-state index contributed by atoms with van der Waals surface area (Å²) in [4.78, 5) is 11.0. The van der Waals surface area contributed by atoms with E-state index < -0.39 is 5.66 Å². The molecule has 0 aliphatic carbocycles. The van der Waals surface area contributed by atoms with Crippen molar-refractivity contribution in [3.63, 3.8) is 0 Å². The van der Waals surface area contributed by atoms with Crippen molar-refractivity contribution in [2.45, 2.75) is 38.3 Å². The van der Waals surface area contributed by atoms with Gasteiger partial charge in [0.05, 0.1) is 0 Å². The van der Waals surface area contributed by atoms with Gasteiger partial charge in [0.1, 0.15) is 5.66 Å². The Kier molecular flexibility index (Phi) is 3.31. The molecule has 4 nitrogen and oxygen atoms in total. The first-order chi connectivity index (χ1) is 6.16. The molecule has 0 aromatic heterocycles. The quantitative estimate of drug-likeness (QED) is 0.570. The van der Waals surface area contributed by atoms with Crippen LogP contribution < -0.4 is 16.4 Å². The van der Waals surface area contributed by atoms with Gasteiger partial charge >= 0.3 is 6.03 Å². The molecule has 0 aromatic carbocycles. The van der Waals surface area contributed by atoms with Crippen LogP contribution in [0.5, 0.6) is 0 Å². The number of hydrogen-bond acceptors (Lipinski definition) is 2. The highest BCUT2D eigenvalue weighted by atomic mass is 16.2. The highest BCUT2D eigenvalue weighted by Gasteiger charge is 2.25. The molecule has 2 amide bonds. The van der Waals surface area contributed by atoms with Gasteiger partial charge in [-0.05, 0) is 18.9 Å². The van der Waals surface area contributed by atoms with E-state index in [1.165, 1.54) is 0 Å². The van der Waals surface area contributed by atoms with Gasteiger partial charge in [0, 0.05) is 6.20 Å². The van der Waals surface area contributed by atoms with Gasteiger partial charge in [-0.25, -0.2) is 4.79 Å². The standard InChI is InChI=1S/C9H17N3O/c1-2-3-4-5-9(10)6-7-11-8(13)12-9/h6-7H,2-5,10H2,1H3,(H2,11,12,13). The van der Waals surface area contributed by atoms with E-state index in [0.717, 1.165) is 25.7 Å². The van der Waals surface area contributed by atoms with Crippen molar-refractivity contribution >= 4 is 6.03 Å². The molecule has 1 heterocycles. The Hall–Kier alpha value is -1.03. The fourth-order valence-corrected chi connectivity index (χ4v) is 1.37. The Bertz CT molecular complexity index is 215. The lowest BCUT2D eigenvalue weighted by Crippen LogP contribution is -2.59. The third kappa shape index (κ3) is 3.06. The molecule has 0 saturated heterocycles. The summed E-state index contributed by atoms with van der Waals surface area (Å²) in [5, 5.41) is 5.21. The zero-order valence-electron chi connectivity index (χ0n) is 7.97. The number of carbonyl (C=O) groups excluding carboxylic acids is 1. The lowest BCUT2D eigenvalue weighted by molar-refractivity contribution is 0.229. The number of hydrogen-bond donors (Lipinski definition) is 3. The average Bonchev–Trinajstić information content (AvgIpc) is 2.04. The van der Waals surface area contributed by atoms with E-state index in [9.17, 15) is 4.79 Å². The van der Waals surface area contributed by atoms with Crippen LogP contribution in [0.4, 0.5) is 4.79 Å². The minimum atomic E-state index is -0.641. The van der Waals surface area contributed by atoms with E-state index >= 15 is 0 Å². The predicted molar refractivity (Wildman–Crippen MR) is 51.9 cm³/mol. The van der Waals surface area contributed by atoms with Gasteiger partial charge in [-0.2, -0.15) is 0 Å². The normalized spacial score (nSPS) is 26.8. The Labute approximate surface area is 78.6 Å². The van der Waals surface area contributed by atoms with Crippen molar-refractivity contribution in [3.8, 4) is 0 Å². The van der Waals surface area contributed by atoms with Gasteiger partial charge in [-0.1, -0.05) is 19.8 Å². The predicted octanol–water partition coefficient (Wildman–Crippen LogP) is 1.05. The second kappa shape index (κ2) is 4.28. The van der Waals surface area contributed by atoms with Crippen molar-refractivity contribution in [1.29, 1.82) is 0 Å². The third-order valence-corrected chi connectivity index (χ3v) is 2.14. The summed E-state index contributed by atoms with van der Waals surface area (Å²) in [6.45, 7) is 2.14. The number of nitrogens with two attached hydrogens (primary N) is 1. The lowest BCUT2D eigenvalue weighted by Gasteiger charge is -2.30. The van der Waals surface area contributed by atoms with Crippen LogP contribution in [0.3, 0.4) is 0 Å². The molecule has 1 aliphatic heterocycles. The first-order valence-electron chi connectivity index (χ1n) is 4.71. The molecule has 1 rings (SSSR count). The van der Waals surface area contributed by atoms with Crippen LogP contribution in [0, 0.1) is 0 Å². The maximum absolute atomic E-state index is 11.0. The third-order valence-electron chi connectivity index (χ3n) is 2.14. The fraction of sp³-hybridized carbons (Fsp3) is 0.667. The molecule has 4 heteroatoms. The van der Waals surface area contributed by atoms with Crippen LogP contribution in [-0.4, -0.2) is 11.7 Å². The number of amides is 2. The second-order valence-electron chi connectivity index (χ2n) is 3.43. The van der Waals surface area contributed by atoms with Crippen LogP contribution >= 0.6 is 0 Å². The van der Waals surface area contributed by atoms with E-state index in [2.05, 4.69) is 17.6 Å². The highest BCUT2D eigenvalue weighted by Crippen LogP contribution is 2.12. The Morgan fingerprint density at radius 1 is 1.54 bits per heavy atom. The first-order valence-corrected chi connectivity index (χ1v) is 4.71. The smallest absolute Gasteiger partial charge is 0.316 e. The van der Waals surface area contributed by atoms with Crippen molar-refractivity contribution in [2.75, 3.05) is 0 Å². The number of unbranched alkanes of at least 4 members (excludes halogenated alkanes) is 2. The lowest BCUT2D eigenvalue weighted by atomic mass is 10.0. The average molecular weight is 183 g/mol. The summed E-state index contributed by atoms with van der Waals surface area (Å²) < 4.78 is 0. The molecule has 1 unspecified atom stereocenters.